The van der Waals surface area contributed by atoms with Crippen LogP contribution in [0.1, 0.15) is 11.4 Å². The number of carboxylic acid groups (broad SMARTS) is 1. The van der Waals surface area contributed by atoms with Crippen LogP contribution in [0, 0.1) is 6.92 Å². The largest absolute Gasteiger partial charge is 0.481 e. The van der Waals surface area contributed by atoms with Gasteiger partial charge in [-0.15, -0.1) is 11.3 Å². The second kappa shape index (κ2) is 4.51. The third-order valence-corrected chi connectivity index (χ3v) is 3.87. The molecule has 0 atom stereocenters. The van der Waals surface area contributed by atoms with E-state index in [1.807, 2.05) is 47.0 Å². The second-order valence-electron chi connectivity index (χ2n) is 4.32. The Balaban J connectivity index is 2.24. The quantitative estimate of drug-likeness (QED) is 0.797. The molecule has 2 heterocycles. The summed E-state index contributed by atoms with van der Waals surface area (Å²) in [7, 11) is 0. The van der Waals surface area contributed by atoms with Crippen molar-refractivity contribution >= 4 is 22.3 Å². The molecular weight excluding hydrogens is 260 g/mol. The van der Waals surface area contributed by atoms with E-state index < -0.39 is 5.97 Å². The molecule has 0 aliphatic rings. The number of hydrogen-bond donors (Lipinski definition) is 1. The Bertz CT molecular complexity index is 743. The van der Waals surface area contributed by atoms with Gasteiger partial charge in [-0.2, -0.15) is 0 Å². The van der Waals surface area contributed by atoms with Crippen molar-refractivity contribution in [2.75, 3.05) is 0 Å². The fourth-order valence-electron chi connectivity index (χ4n) is 2.18. The highest BCUT2D eigenvalue weighted by Crippen LogP contribution is 2.28. The molecule has 96 valence electrons. The van der Waals surface area contributed by atoms with Crippen LogP contribution < -0.4 is 0 Å². The van der Waals surface area contributed by atoms with Gasteiger partial charge in [0.05, 0.1) is 23.5 Å². The van der Waals surface area contributed by atoms with Crippen molar-refractivity contribution in [2.24, 2.45) is 0 Å². The number of nitrogens with zero attached hydrogens (tertiary/aromatic N) is 2. The standard InChI is InChI=1S/C14H12N2O2S/c1-9-11(7-13(17)18)16-12(8-19-14(16)15-9)10-5-3-2-4-6-10/h2-6,8H,7H2,1H3,(H,17,18). The van der Waals surface area contributed by atoms with Crippen LogP contribution in [0.4, 0.5) is 0 Å². The van der Waals surface area contributed by atoms with E-state index >= 15 is 0 Å². The van der Waals surface area contributed by atoms with Gasteiger partial charge in [0.2, 0.25) is 0 Å². The van der Waals surface area contributed by atoms with Crippen molar-refractivity contribution in [3.8, 4) is 11.3 Å². The molecule has 5 heteroatoms. The highest BCUT2D eigenvalue weighted by molar-refractivity contribution is 7.15. The minimum Gasteiger partial charge on any atom is -0.481 e. The van der Waals surface area contributed by atoms with E-state index in [0.29, 0.717) is 0 Å². The molecule has 0 aliphatic heterocycles. The molecule has 0 radical (unpaired) electrons. The van der Waals surface area contributed by atoms with Gasteiger partial charge >= 0.3 is 5.97 Å². The summed E-state index contributed by atoms with van der Waals surface area (Å²) in [6.07, 6.45) is -0.0104. The van der Waals surface area contributed by atoms with E-state index in [-0.39, 0.29) is 6.42 Å². The highest BCUT2D eigenvalue weighted by Gasteiger charge is 2.17. The van der Waals surface area contributed by atoms with E-state index in [2.05, 4.69) is 4.98 Å². The van der Waals surface area contributed by atoms with E-state index in [1.54, 1.807) is 0 Å². The van der Waals surface area contributed by atoms with Crippen molar-refractivity contribution in [3.63, 3.8) is 0 Å². The molecule has 0 unspecified atom stereocenters. The summed E-state index contributed by atoms with van der Waals surface area (Å²) in [5.74, 6) is -0.838. The van der Waals surface area contributed by atoms with Gasteiger partial charge < -0.3 is 5.11 Å². The Morgan fingerprint density at radius 2 is 2.11 bits per heavy atom. The van der Waals surface area contributed by atoms with Crippen molar-refractivity contribution in [1.82, 2.24) is 9.38 Å². The van der Waals surface area contributed by atoms with E-state index in [9.17, 15) is 4.79 Å². The molecule has 0 bridgehead atoms. The van der Waals surface area contributed by atoms with Crippen LogP contribution in [0.25, 0.3) is 16.2 Å². The zero-order chi connectivity index (χ0) is 13.4. The summed E-state index contributed by atoms with van der Waals surface area (Å²) in [5.41, 5.74) is 3.60. The Morgan fingerprint density at radius 1 is 1.37 bits per heavy atom. The molecule has 3 rings (SSSR count). The van der Waals surface area contributed by atoms with Crippen molar-refractivity contribution in [2.45, 2.75) is 13.3 Å². The summed E-state index contributed by atoms with van der Waals surface area (Å²) < 4.78 is 1.95. The lowest BCUT2D eigenvalue weighted by Gasteiger charge is -2.03. The summed E-state index contributed by atoms with van der Waals surface area (Å²) in [6, 6.07) is 9.94. The van der Waals surface area contributed by atoms with Crippen molar-refractivity contribution in [1.29, 1.82) is 0 Å². The molecule has 19 heavy (non-hydrogen) atoms. The van der Waals surface area contributed by atoms with E-state index in [0.717, 1.165) is 27.6 Å². The predicted octanol–water partition coefficient (Wildman–Crippen LogP) is 3.00. The Kier molecular flexibility index (Phi) is 2.83. The average molecular weight is 272 g/mol. The smallest absolute Gasteiger partial charge is 0.309 e. The molecule has 0 fully saturated rings. The number of rotatable bonds is 3. The molecule has 0 spiro atoms. The molecule has 1 N–H and O–H groups in total. The number of fused-ring (bicyclic) bond motifs is 1. The maximum atomic E-state index is 11.0. The Hall–Kier alpha value is -2.14. The topological polar surface area (TPSA) is 54.6 Å². The minimum absolute atomic E-state index is 0.0104. The summed E-state index contributed by atoms with van der Waals surface area (Å²) in [5, 5.41) is 11.0. The monoisotopic (exact) mass is 272 g/mol. The fourth-order valence-corrected chi connectivity index (χ4v) is 3.14. The minimum atomic E-state index is -0.838. The zero-order valence-electron chi connectivity index (χ0n) is 10.3. The number of aromatic nitrogens is 2. The average Bonchev–Trinajstić information content (AvgIpc) is 2.91. The van der Waals surface area contributed by atoms with Crippen LogP contribution in [0.3, 0.4) is 0 Å². The first kappa shape index (κ1) is 11.9. The van der Waals surface area contributed by atoms with E-state index in [4.69, 9.17) is 5.11 Å². The molecule has 0 aliphatic carbocycles. The van der Waals surface area contributed by atoms with Gasteiger partial charge in [-0.25, -0.2) is 4.98 Å². The number of carboxylic acids is 1. The Morgan fingerprint density at radius 3 is 2.79 bits per heavy atom. The van der Waals surface area contributed by atoms with Gasteiger partial charge in [0.15, 0.2) is 4.96 Å². The number of hydrogen-bond acceptors (Lipinski definition) is 3. The van der Waals surface area contributed by atoms with Gasteiger partial charge in [0, 0.05) is 5.38 Å². The normalized spacial score (nSPS) is 11.0. The lowest BCUT2D eigenvalue weighted by atomic mass is 10.1. The van der Waals surface area contributed by atoms with Gasteiger partial charge in [0.1, 0.15) is 0 Å². The molecule has 0 amide bonds. The van der Waals surface area contributed by atoms with Crippen LogP contribution in [-0.4, -0.2) is 20.5 Å². The summed E-state index contributed by atoms with van der Waals surface area (Å²) >= 11 is 1.53. The van der Waals surface area contributed by atoms with E-state index in [1.165, 1.54) is 11.3 Å². The zero-order valence-corrected chi connectivity index (χ0v) is 11.1. The van der Waals surface area contributed by atoms with Crippen LogP contribution in [0.15, 0.2) is 35.7 Å². The van der Waals surface area contributed by atoms with Crippen molar-refractivity contribution in [3.05, 3.63) is 47.1 Å². The first-order valence-electron chi connectivity index (χ1n) is 5.89. The SMILES string of the molecule is Cc1nc2scc(-c3ccccc3)n2c1CC(=O)O. The lowest BCUT2D eigenvalue weighted by Crippen LogP contribution is -2.05. The first-order chi connectivity index (χ1) is 9.16. The first-order valence-corrected chi connectivity index (χ1v) is 6.77. The van der Waals surface area contributed by atoms with Crippen LogP contribution in [0.2, 0.25) is 0 Å². The van der Waals surface area contributed by atoms with Crippen LogP contribution in [-0.2, 0) is 11.2 Å². The predicted molar refractivity (Wildman–Crippen MR) is 74.6 cm³/mol. The third kappa shape index (κ3) is 2.02. The maximum Gasteiger partial charge on any atom is 0.309 e. The maximum absolute atomic E-state index is 11.0. The number of thiazole rings is 1. The summed E-state index contributed by atoms with van der Waals surface area (Å²) in [4.78, 5) is 16.3. The number of benzene rings is 1. The number of imidazole rings is 1. The molecule has 2 aromatic heterocycles. The van der Waals surface area contributed by atoms with Gasteiger partial charge in [-0.1, -0.05) is 30.3 Å². The number of aliphatic carboxylic acids is 1. The fraction of sp³-hybridized carbons (Fsp3) is 0.143. The summed E-state index contributed by atoms with van der Waals surface area (Å²) in [6.45, 7) is 1.85. The van der Waals surface area contributed by atoms with Crippen LogP contribution in [0.5, 0.6) is 0 Å². The second-order valence-corrected chi connectivity index (χ2v) is 5.16. The number of carbonyl (C=O) groups is 1. The van der Waals surface area contributed by atoms with Gasteiger partial charge in [0.25, 0.3) is 0 Å². The van der Waals surface area contributed by atoms with Crippen molar-refractivity contribution < 1.29 is 9.90 Å². The van der Waals surface area contributed by atoms with Gasteiger partial charge in [-0.3, -0.25) is 9.20 Å². The Labute approximate surface area is 114 Å². The third-order valence-electron chi connectivity index (χ3n) is 3.05. The van der Waals surface area contributed by atoms with Gasteiger partial charge in [-0.05, 0) is 12.5 Å². The molecule has 0 saturated carbocycles. The lowest BCUT2D eigenvalue weighted by molar-refractivity contribution is -0.136. The number of aryl methyl sites for hydroxylation is 1. The molecule has 3 aromatic rings. The molecule has 4 nitrogen and oxygen atoms in total. The highest BCUT2D eigenvalue weighted by atomic mass is 32.1. The molecule has 0 saturated heterocycles. The molecule has 1 aromatic carbocycles. The molecular formula is C14H12N2O2S. The van der Waals surface area contributed by atoms with Crippen LogP contribution >= 0.6 is 11.3 Å².